The Morgan fingerprint density at radius 2 is 0.485 bits per heavy atom. The molecule has 0 radical (unpaired) electrons. The summed E-state index contributed by atoms with van der Waals surface area (Å²) in [5.41, 5.74) is 20.6. The molecule has 6 aliphatic rings. The van der Waals surface area contributed by atoms with Crippen LogP contribution >= 0.6 is 0 Å². The summed E-state index contributed by atoms with van der Waals surface area (Å²) in [6.45, 7) is 0. The molecule has 0 heterocycles. The van der Waals surface area contributed by atoms with Gasteiger partial charge in [0, 0.05) is 35.5 Å². The van der Waals surface area contributed by atoms with E-state index in [0.29, 0.717) is 35.5 Å². The zero-order valence-electron chi connectivity index (χ0n) is 18.5. The van der Waals surface area contributed by atoms with Crippen LogP contribution in [-0.2, 0) is 0 Å². The predicted molar refractivity (Wildman–Crippen MR) is 131 cm³/mol. The lowest BCUT2D eigenvalue weighted by Crippen LogP contribution is -2.19. The van der Waals surface area contributed by atoms with Crippen molar-refractivity contribution in [2.75, 3.05) is 0 Å². The molecule has 0 nitrogen and oxygen atoms in total. The van der Waals surface area contributed by atoms with Crippen LogP contribution in [0.2, 0.25) is 0 Å². The molecule has 33 heavy (non-hydrogen) atoms. The third-order valence-electron chi connectivity index (χ3n) is 10.5. The summed E-state index contributed by atoms with van der Waals surface area (Å²) in [6.07, 6.45) is 3.95. The van der Waals surface area contributed by atoms with E-state index < -0.39 is 0 Å². The number of fused-ring (bicyclic) bond motifs is 27. The van der Waals surface area contributed by atoms with E-state index in [1.807, 2.05) is 0 Å². The molecule has 0 N–H and O–H groups in total. The third kappa shape index (κ3) is 1.61. The highest BCUT2D eigenvalue weighted by atomic mass is 14.6. The molecule has 4 aromatic rings. The van der Waals surface area contributed by atoms with Crippen LogP contribution in [0.3, 0.4) is 0 Å². The van der Waals surface area contributed by atoms with Crippen LogP contribution in [0.4, 0.5) is 0 Å². The van der Waals surface area contributed by atoms with Gasteiger partial charge >= 0.3 is 0 Å². The predicted octanol–water partition coefficient (Wildman–Crippen LogP) is 7.63. The maximum absolute atomic E-state index is 2.44. The fourth-order valence-corrected chi connectivity index (χ4v) is 9.67. The Balaban J connectivity index is 1.34. The molecule has 0 heteroatoms. The molecular formula is C33H24. The maximum Gasteiger partial charge on any atom is 0.0107 e. The summed E-state index contributed by atoms with van der Waals surface area (Å²) in [4.78, 5) is 0. The van der Waals surface area contributed by atoms with Gasteiger partial charge in [-0.05, 0) is 86.0 Å². The standard InChI is InChI=1S/C33H24/c1-2-8-17-16(7-1)22-13-23(17)29-28(22)30-24-14-26(19-10-4-3-9-18(19)24)32(30)33-27-15-25(31(29)33)20-11-5-6-12-21(20)27/h1-12,22-27H,13-15H2/t22-,23+,24-,25-,26+,27+. The van der Waals surface area contributed by atoms with Crippen molar-refractivity contribution in [3.05, 3.63) is 140 Å². The first-order valence-electron chi connectivity index (χ1n) is 12.9. The first-order valence-corrected chi connectivity index (χ1v) is 12.9. The Morgan fingerprint density at radius 3 is 0.667 bits per heavy atom. The molecule has 0 aromatic heterocycles. The van der Waals surface area contributed by atoms with Crippen LogP contribution in [0, 0.1) is 0 Å². The van der Waals surface area contributed by atoms with E-state index in [9.17, 15) is 0 Å². The Kier molecular flexibility index (Phi) is 2.58. The molecule has 10 rings (SSSR count). The first kappa shape index (κ1) is 16.5. The van der Waals surface area contributed by atoms with E-state index in [4.69, 9.17) is 0 Å². The molecule has 6 aliphatic carbocycles. The minimum Gasteiger partial charge on any atom is -0.0620 e. The lowest BCUT2D eigenvalue weighted by molar-refractivity contribution is 0.769. The van der Waals surface area contributed by atoms with Gasteiger partial charge in [-0.2, -0.15) is 0 Å². The average Bonchev–Trinajstić information content (AvgIpc) is 3.70. The van der Waals surface area contributed by atoms with Gasteiger partial charge in [0.2, 0.25) is 0 Å². The SMILES string of the molecule is c1ccc2c(c1)[C@H]1C[C@@H]2c2c1c1c(c3c2[C@@H]2C[C@H]3c3ccccc32)[C@H]2C[C@@H]1c1ccccc12. The van der Waals surface area contributed by atoms with E-state index in [2.05, 4.69) is 72.8 Å². The van der Waals surface area contributed by atoms with Crippen LogP contribution in [0.5, 0.6) is 0 Å². The number of hydrogen-bond donors (Lipinski definition) is 0. The molecule has 0 unspecified atom stereocenters. The summed E-state index contributed by atoms with van der Waals surface area (Å²) in [5.74, 6) is 3.76. The first-order chi connectivity index (χ1) is 16.4. The van der Waals surface area contributed by atoms with E-state index in [-0.39, 0.29) is 0 Å². The summed E-state index contributed by atoms with van der Waals surface area (Å²) in [7, 11) is 0. The summed E-state index contributed by atoms with van der Waals surface area (Å²) < 4.78 is 0. The lowest BCUT2D eigenvalue weighted by Gasteiger charge is -2.34. The highest BCUT2D eigenvalue weighted by Gasteiger charge is 2.56. The monoisotopic (exact) mass is 420 g/mol. The van der Waals surface area contributed by atoms with Crippen LogP contribution in [0.25, 0.3) is 0 Å². The molecule has 0 aliphatic heterocycles. The topological polar surface area (TPSA) is 0 Å². The zero-order valence-corrected chi connectivity index (χ0v) is 18.5. The van der Waals surface area contributed by atoms with Gasteiger partial charge in [0.1, 0.15) is 0 Å². The van der Waals surface area contributed by atoms with Crippen LogP contribution in [0.15, 0.2) is 72.8 Å². The largest absolute Gasteiger partial charge is 0.0620 e. The molecule has 0 amide bonds. The Hall–Kier alpha value is -3.12. The fraction of sp³-hybridized carbons (Fsp3) is 0.273. The molecular weight excluding hydrogens is 396 g/mol. The van der Waals surface area contributed by atoms with Gasteiger partial charge in [-0.3, -0.25) is 0 Å². The van der Waals surface area contributed by atoms with Crippen molar-refractivity contribution in [2.24, 2.45) is 0 Å². The molecule has 0 spiro atoms. The van der Waals surface area contributed by atoms with E-state index >= 15 is 0 Å². The van der Waals surface area contributed by atoms with Crippen molar-refractivity contribution in [2.45, 2.75) is 54.8 Å². The van der Waals surface area contributed by atoms with Gasteiger partial charge in [-0.1, -0.05) is 72.8 Å². The zero-order chi connectivity index (χ0) is 21.0. The molecule has 0 saturated heterocycles. The van der Waals surface area contributed by atoms with Gasteiger partial charge in [0.25, 0.3) is 0 Å². The van der Waals surface area contributed by atoms with Gasteiger partial charge in [0.05, 0.1) is 0 Å². The van der Waals surface area contributed by atoms with Gasteiger partial charge in [0.15, 0.2) is 0 Å². The Labute approximate surface area is 194 Å². The van der Waals surface area contributed by atoms with E-state index in [1.165, 1.54) is 19.3 Å². The smallest absolute Gasteiger partial charge is 0.0107 e. The second-order valence-electron chi connectivity index (χ2n) is 11.4. The number of rotatable bonds is 0. The summed E-state index contributed by atoms with van der Waals surface area (Å²) in [6, 6.07) is 28.2. The van der Waals surface area contributed by atoms with E-state index in [1.54, 1.807) is 66.8 Å². The summed E-state index contributed by atoms with van der Waals surface area (Å²) >= 11 is 0. The number of benzene rings is 4. The molecule has 0 saturated carbocycles. The van der Waals surface area contributed by atoms with Crippen molar-refractivity contribution < 1.29 is 0 Å². The van der Waals surface area contributed by atoms with Gasteiger partial charge in [-0.15, -0.1) is 0 Å². The highest BCUT2D eigenvalue weighted by molar-refractivity contribution is 5.77. The minimum absolute atomic E-state index is 0.626. The Morgan fingerprint density at radius 1 is 0.303 bits per heavy atom. The van der Waals surface area contributed by atoms with Crippen molar-refractivity contribution in [1.82, 2.24) is 0 Å². The fourth-order valence-electron chi connectivity index (χ4n) is 9.67. The molecule has 6 atom stereocenters. The van der Waals surface area contributed by atoms with Crippen LogP contribution in [-0.4, -0.2) is 0 Å². The lowest BCUT2D eigenvalue weighted by atomic mass is 9.69. The van der Waals surface area contributed by atoms with Crippen molar-refractivity contribution in [3.63, 3.8) is 0 Å². The second kappa shape index (κ2) is 5.17. The van der Waals surface area contributed by atoms with Gasteiger partial charge < -0.3 is 0 Å². The quantitative estimate of drug-likeness (QED) is 0.274. The number of hydrogen-bond acceptors (Lipinski definition) is 0. The molecule has 4 aromatic carbocycles. The molecule has 156 valence electrons. The third-order valence-corrected chi connectivity index (χ3v) is 10.5. The Bertz CT molecular complexity index is 1260. The summed E-state index contributed by atoms with van der Waals surface area (Å²) in [5, 5.41) is 0. The van der Waals surface area contributed by atoms with Crippen molar-refractivity contribution in [3.8, 4) is 0 Å². The molecule has 0 fully saturated rings. The highest BCUT2D eigenvalue weighted by Crippen LogP contribution is 2.71. The van der Waals surface area contributed by atoms with Gasteiger partial charge in [-0.25, -0.2) is 0 Å². The molecule has 6 bridgehead atoms. The van der Waals surface area contributed by atoms with Crippen LogP contribution in [0.1, 0.15) is 122 Å². The van der Waals surface area contributed by atoms with Crippen LogP contribution < -0.4 is 0 Å². The van der Waals surface area contributed by atoms with Crippen molar-refractivity contribution >= 4 is 0 Å². The second-order valence-corrected chi connectivity index (χ2v) is 11.4. The maximum atomic E-state index is 2.44. The average molecular weight is 421 g/mol. The normalized spacial score (nSPS) is 31.3. The minimum atomic E-state index is 0.626. The van der Waals surface area contributed by atoms with E-state index in [0.717, 1.165) is 0 Å². The van der Waals surface area contributed by atoms with Crippen molar-refractivity contribution in [1.29, 1.82) is 0 Å².